The second-order valence-corrected chi connectivity index (χ2v) is 13.0. The highest BCUT2D eigenvalue weighted by atomic mass is 16.7. The number of rotatable bonds is 13. The Morgan fingerprint density at radius 2 is 1.73 bits per heavy atom. The average Bonchev–Trinajstić information content (AvgIpc) is 3.09. The van der Waals surface area contributed by atoms with E-state index in [-0.39, 0.29) is 57.7 Å². The lowest BCUT2D eigenvalue weighted by Gasteiger charge is -2.43. The molecule has 282 valence electrons. The number of aliphatic hydroxyl groups excluding tert-OH is 2. The number of ether oxygens (including phenoxy) is 6. The van der Waals surface area contributed by atoms with Crippen LogP contribution in [-0.2, 0) is 39.8 Å². The molecule has 2 aromatic rings. The Morgan fingerprint density at radius 1 is 1.04 bits per heavy atom. The maximum absolute atomic E-state index is 14.0. The average molecular weight is 730 g/mol. The molecule has 0 radical (unpaired) electrons. The van der Waals surface area contributed by atoms with Gasteiger partial charge in [-0.3, -0.25) is 24.0 Å². The maximum Gasteiger partial charge on any atom is 0.305 e. The van der Waals surface area contributed by atoms with Crippen molar-refractivity contribution < 1.29 is 72.8 Å². The van der Waals surface area contributed by atoms with Crippen molar-refractivity contribution in [3.8, 4) is 17.2 Å². The van der Waals surface area contributed by atoms with Gasteiger partial charge in [-0.15, -0.1) is 0 Å². The molecule has 2 aromatic carbocycles. The molecule has 1 fully saturated rings. The first-order valence-corrected chi connectivity index (χ1v) is 16.8. The van der Waals surface area contributed by atoms with Crippen LogP contribution in [0.1, 0.15) is 95.5 Å². The zero-order valence-corrected chi connectivity index (χ0v) is 29.4. The number of aliphatic hydroxyl groups is 3. The van der Waals surface area contributed by atoms with E-state index in [0.29, 0.717) is 13.0 Å². The van der Waals surface area contributed by atoms with Gasteiger partial charge in [0.2, 0.25) is 12.1 Å². The van der Waals surface area contributed by atoms with Gasteiger partial charge >= 0.3 is 11.9 Å². The van der Waals surface area contributed by atoms with Crippen molar-refractivity contribution in [1.29, 1.82) is 0 Å². The molecule has 0 saturated carbocycles. The predicted molar refractivity (Wildman–Crippen MR) is 177 cm³/mol. The van der Waals surface area contributed by atoms with E-state index in [4.69, 9.17) is 28.4 Å². The number of benzene rings is 2. The van der Waals surface area contributed by atoms with Crippen molar-refractivity contribution >= 4 is 29.3 Å². The molecule has 16 nitrogen and oxygen atoms in total. The topological polar surface area (TPSA) is 234 Å². The molecule has 1 aliphatic heterocycles. The van der Waals surface area contributed by atoms with E-state index < -0.39 is 97.0 Å². The molecule has 52 heavy (non-hydrogen) atoms. The molecule has 5 N–H and O–H groups in total. The minimum atomic E-state index is -2.24. The Morgan fingerprint density at radius 3 is 2.35 bits per heavy atom. The fourth-order valence-electron chi connectivity index (χ4n) is 7.19. The highest BCUT2D eigenvalue weighted by molar-refractivity contribution is 6.31. The van der Waals surface area contributed by atoms with Gasteiger partial charge in [-0.1, -0.05) is 12.1 Å². The highest BCUT2D eigenvalue weighted by Crippen LogP contribution is 2.53. The standard InChI is InChI=1S/C36H43NO15/c1-16-31(42)21(37-11-7-10-25(50-17(2)39)51-18(3)40)12-26(49-16)52-23-14-36(46,24(41)15-38)13-20-28(23)34(45)29-30(35(20)48-5)32(43)19-8-6-9-22(47-4)27(19)33(29)44/h6,8-9,16,21,23,25-26,31,37-38,42,45-46H,7,10-15H2,1-5H3/t16?,21?,23?,26?,31?,36-/m0/s1. The van der Waals surface area contributed by atoms with Gasteiger partial charge in [0.25, 0.3) is 0 Å². The third-order valence-electron chi connectivity index (χ3n) is 9.56. The lowest BCUT2D eigenvalue weighted by molar-refractivity contribution is -0.249. The SMILES string of the molecule is COc1cccc2c1C(=O)c1c(O)c3c(c(OC)c1C2=O)C[C@@](O)(C(=O)CO)CC3OC1CC(NCCCC(OC(C)=O)OC(C)=O)C(O)C(C)O1. The highest BCUT2D eigenvalue weighted by Gasteiger charge is 2.50. The lowest BCUT2D eigenvalue weighted by atomic mass is 9.72. The number of phenolic OH excluding ortho intramolecular Hbond substituents is 1. The normalized spacial score (nSPS) is 25.1. The molecule has 0 bridgehead atoms. The second-order valence-electron chi connectivity index (χ2n) is 13.0. The number of phenols is 1. The zero-order chi connectivity index (χ0) is 38.1. The number of fused-ring (bicyclic) bond motifs is 3. The molecule has 3 aliphatic rings. The molecule has 0 spiro atoms. The lowest BCUT2D eigenvalue weighted by Crippen LogP contribution is -2.54. The summed E-state index contributed by atoms with van der Waals surface area (Å²) < 4.78 is 33.4. The molecule has 1 heterocycles. The van der Waals surface area contributed by atoms with E-state index in [1.807, 2.05) is 0 Å². The molecule has 6 atom stereocenters. The third-order valence-corrected chi connectivity index (χ3v) is 9.56. The minimum Gasteiger partial charge on any atom is -0.507 e. The molecule has 5 unspecified atom stereocenters. The monoisotopic (exact) mass is 729 g/mol. The summed E-state index contributed by atoms with van der Waals surface area (Å²) in [6.45, 7) is 3.27. The number of esters is 2. The second kappa shape index (κ2) is 15.7. The summed E-state index contributed by atoms with van der Waals surface area (Å²) in [6, 6.07) is 3.86. The van der Waals surface area contributed by atoms with E-state index in [9.17, 15) is 44.4 Å². The number of aromatic hydroxyl groups is 1. The van der Waals surface area contributed by atoms with Gasteiger partial charge in [0.1, 0.15) is 29.5 Å². The van der Waals surface area contributed by atoms with Crippen molar-refractivity contribution in [3.05, 3.63) is 51.6 Å². The predicted octanol–water partition coefficient (Wildman–Crippen LogP) is 1.17. The zero-order valence-electron chi connectivity index (χ0n) is 29.4. The van der Waals surface area contributed by atoms with Gasteiger partial charge in [0.15, 0.2) is 17.9 Å². The summed E-state index contributed by atoms with van der Waals surface area (Å²) in [4.78, 5) is 63.8. The van der Waals surface area contributed by atoms with Crippen LogP contribution in [0, 0.1) is 0 Å². The molecule has 16 heteroatoms. The van der Waals surface area contributed by atoms with Crippen LogP contribution in [0.25, 0.3) is 0 Å². The van der Waals surface area contributed by atoms with Crippen LogP contribution in [0.15, 0.2) is 18.2 Å². The summed E-state index contributed by atoms with van der Waals surface area (Å²) in [5.41, 5.74) is -2.89. The Labute approximate surface area is 298 Å². The van der Waals surface area contributed by atoms with Crippen LogP contribution in [0.2, 0.25) is 0 Å². The Hall–Kier alpha value is -4.45. The van der Waals surface area contributed by atoms with Gasteiger partial charge in [-0.05, 0) is 26.0 Å². The van der Waals surface area contributed by atoms with Gasteiger partial charge in [0, 0.05) is 62.3 Å². The van der Waals surface area contributed by atoms with Gasteiger partial charge < -0.3 is 54.2 Å². The number of hydrogen-bond donors (Lipinski definition) is 5. The van der Waals surface area contributed by atoms with Crippen LogP contribution in [0.4, 0.5) is 0 Å². The van der Waals surface area contributed by atoms with Crippen LogP contribution in [0.5, 0.6) is 17.2 Å². The van der Waals surface area contributed by atoms with E-state index in [2.05, 4.69) is 5.32 Å². The van der Waals surface area contributed by atoms with Crippen molar-refractivity contribution in [1.82, 2.24) is 5.32 Å². The quantitative estimate of drug-likeness (QED) is 0.0944. The van der Waals surface area contributed by atoms with Crippen molar-refractivity contribution in [2.45, 2.75) is 95.4 Å². The summed E-state index contributed by atoms with van der Waals surface area (Å²) in [6.07, 6.45) is -5.69. The number of nitrogens with one attached hydrogen (secondary N) is 1. The molecular formula is C36H43NO15. The van der Waals surface area contributed by atoms with E-state index in [1.165, 1.54) is 46.3 Å². The summed E-state index contributed by atoms with van der Waals surface area (Å²) in [7, 11) is 2.58. The molecular weight excluding hydrogens is 686 g/mol. The Kier molecular flexibility index (Phi) is 11.7. The van der Waals surface area contributed by atoms with E-state index in [0.717, 1.165) is 0 Å². The van der Waals surface area contributed by atoms with Gasteiger partial charge in [-0.2, -0.15) is 0 Å². The van der Waals surface area contributed by atoms with Crippen LogP contribution < -0.4 is 14.8 Å². The molecule has 0 amide bonds. The molecule has 5 rings (SSSR count). The Balaban J connectivity index is 1.47. The first-order valence-electron chi connectivity index (χ1n) is 16.8. The molecule has 1 saturated heterocycles. The number of carbonyl (C=O) groups excluding carboxylic acids is 5. The number of methoxy groups -OCH3 is 2. The number of ketones is 3. The fraction of sp³-hybridized carbons (Fsp3) is 0.528. The fourth-order valence-corrected chi connectivity index (χ4v) is 7.19. The van der Waals surface area contributed by atoms with Crippen molar-refractivity contribution in [2.24, 2.45) is 0 Å². The molecule has 0 aromatic heterocycles. The van der Waals surface area contributed by atoms with Gasteiger partial charge in [-0.25, -0.2) is 0 Å². The Bertz CT molecular complexity index is 1740. The first kappa shape index (κ1) is 38.8. The number of hydrogen-bond acceptors (Lipinski definition) is 16. The van der Waals surface area contributed by atoms with E-state index in [1.54, 1.807) is 6.92 Å². The first-order chi connectivity index (χ1) is 24.6. The van der Waals surface area contributed by atoms with E-state index >= 15 is 0 Å². The minimum absolute atomic E-state index is 0.00905. The summed E-state index contributed by atoms with van der Waals surface area (Å²) in [5.74, 6) is -4.20. The summed E-state index contributed by atoms with van der Waals surface area (Å²) in [5, 5.41) is 47.4. The molecule has 2 aliphatic carbocycles. The third kappa shape index (κ3) is 7.40. The summed E-state index contributed by atoms with van der Waals surface area (Å²) >= 11 is 0. The van der Waals surface area contributed by atoms with Crippen LogP contribution >= 0.6 is 0 Å². The number of Topliss-reactive ketones (excluding diaryl/α,β-unsaturated/α-hetero) is 1. The van der Waals surface area contributed by atoms with Gasteiger partial charge in [0.05, 0.1) is 49.2 Å². The largest absolute Gasteiger partial charge is 0.507 e. The van der Waals surface area contributed by atoms with Crippen molar-refractivity contribution in [2.75, 3.05) is 27.4 Å². The van der Waals surface area contributed by atoms with Crippen molar-refractivity contribution in [3.63, 3.8) is 0 Å². The van der Waals surface area contributed by atoms with Crippen LogP contribution in [-0.4, -0.2) is 114 Å². The smallest absolute Gasteiger partial charge is 0.305 e. The number of carbonyl (C=O) groups is 5. The van der Waals surface area contributed by atoms with Crippen LogP contribution in [0.3, 0.4) is 0 Å². The maximum atomic E-state index is 14.0.